The monoisotopic (exact) mass is 448 g/mol. The molecule has 0 aliphatic heterocycles. The Morgan fingerprint density at radius 3 is 2.36 bits per heavy atom. The van der Waals surface area contributed by atoms with Gasteiger partial charge in [-0.1, -0.05) is 0 Å². The molecule has 0 saturated heterocycles. The third kappa shape index (κ3) is 4.26. The molecule has 0 fully saturated rings. The van der Waals surface area contributed by atoms with E-state index in [-0.39, 0.29) is 5.82 Å². The molecule has 8 nitrogen and oxygen atoms in total. The van der Waals surface area contributed by atoms with Gasteiger partial charge in [0.15, 0.2) is 5.82 Å². The Kier molecular flexibility index (Phi) is 6.04. The maximum absolute atomic E-state index is 13.3. The highest BCUT2D eigenvalue weighted by atomic mass is 19.1. The van der Waals surface area contributed by atoms with Crippen LogP contribution < -0.4 is 0 Å². The number of hydrogen-bond donors (Lipinski definition) is 0. The second-order valence-electron chi connectivity index (χ2n) is 7.76. The zero-order chi connectivity index (χ0) is 23.7. The number of carbonyl (C=O) groups excluding carboxylic acids is 1. The molecule has 0 amide bonds. The van der Waals surface area contributed by atoms with E-state index >= 15 is 0 Å². The highest BCUT2D eigenvalue weighted by Gasteiger charge is 2.21. The molecule has 0 atom stereocenters. The van der Waals surface area contributed by atoms with Gasteiger partial charge >= 0.3 is 5.97 Å². The second-order valence-corrected chi connectivity index (χ2v) is 7.76. The molecule has 0 unspecified atom stereocenters. The number of hydrogen-bond acceptors (Lipinski definition) is 6. The molecular formula is C24H25FN6O2. The lowest BCUT2D eigenvalue weighted by Gasteiger charge is -2.08. The molecule has 0 N–H and O–H groups in total. The molecule has 3 aromatic heterocycles. The van der Waals surface area contributed by atoms with Gasteiger partial charge < -0.3 is 4.74 Å². The summed E-state index contributed by atoms with van der Waals surface area (Å²) in [5.41, 5.74) is 6.12. The number of aromatic nitrogens is 6. The van der Waals surface area contributed by atoms with Gasteiger partial charge in [-0.25, -0.2) is 28.5 Å². The minimum atomic E-state index is -0.396. The number of halogens is 1. The van der Waals surface area contributed by atoms with Gasteiger partial charge in [0.2, 0.25) is 0 Å². The Balaban J connectivity index is 1.66. The van der Waals surface area contributed by atoms with Gasteiger partial charge in [-0.05, 0) is 58.9 Å². The molecule has 170 valence electrons. The van der Waals surface area contributed by atoms with Gasteiger partial charge in [-0.15, -0.1) is 0 Å². The van der Waals surface area contributed by atoms with Crippen LogP contribution >= 0.6 is 0 Å². The average Bonchev–Trinajstić information content (AvgIpc) is 3.24. The zero-order valence-electron chi connectivity index (χ0n) is 19.3. The molecule has 4 rings (SSSR count). The van der Waals surface area contributed by atoms with Crippen LogP contribution in [0.4, 0.5) is 4.39 Å². The SMILES string of the molecule is CCOC(=O)c1c(C)nn(-c2cc(Cc3c(C)nn(-c4ccc(F)cc4)c3C)ncn2)c1C. The van der Waals surface area contributed by atoms with E-state index in [1.165, 1.54) is 18.5 Å². The Bertz CT molecular complexity index is 1320. The molecule has 1 aromatic carbocycles. The van der Waals surface area contributed by atoms with Crippen molar-refractivity contribution in [1.29, 1.82) is 0 Å². The van der Waals surface area contributed by atoms with Crippen LogP contribution in [0.2, 0.25) is 0 Å². The summed E-state index contributed by atoms with van der Waals surface area (Å²) in [4.78, 5) is 21.1. The van der Waals surface area contributed by atoms with Crippen molar-refractivity contribution in [1.82, 2.24) is 29.5 Å². The Morgan fingerprint density at radius 2 is 1.67 bits per heavy atom. The van der Waals surface area contributed by atoms with Crippen molar-refractivity contribution < 1.29 is 13.9 Å². The highest BCUT2D eigenvalue weighted by Crippen LogP contribution is 2.22. The number of aryl methyl sites for hydroxylation is 2. The first-order valence-electron chi connectivity index (χ1n) is 10.7. The lowest BCUT2D eigenvalue weighted by molar-refractivity contribution is 0.0524. The van der Waals surface area contributed by atoms with E-state index in [1.807, 2.05) is 26.8 Å². The summed E-state index contributed by atoms with van der Waals surface area (Å²) in [7, 11) is 0. The van der Waals surface area contributed by atoms with E-state index < -0.39 is 5.97 Å². The van der Waals surface area contributed by atoms with E-state index in [0.29, 0.717) is 35.8 Å². The number of benzene rings is 1. The minimum Gasteiger partial charge on any atom is -0.462 e. The molecule has 0 radical (unpaired) electrons. The standard InChI is InChI=1S/C24H25FN6O2/c1-6-33-24(32)23-15(3)29-31(17(23)5)22-12-19(26-13-27-22)11-21-14(2)28-30(16(21)4)20-9-7-18(25)8-10-20/h7-10,12-13H,6,11H2,1-5H3. The van der Waals surface area contributed by atoms with Crippen LogP contribution in [-0.2, 0) is 11.2 Å². The van der Waals surface area contributed by atoms with Crippen molar-refractivity contribution in [2.24, 2.45) is 0 Å². The fourth-order valence-corrected chi connectivity index (χ4v) is 3.91. The Morgan fingerprint density at radius 1 is 0.970 bits per heavy atom. The predicted octanol–water partition coefficient (Wildman–Crippen LogP) is 3.99. The fourth-order valence-electron chi connectivity index (χ4n) is 3.91. The third-order valence-electron chi connectivity index (χ3n) is 5.57. The van der Waals surface area contributed by atoms with Crippen molar-refractivity contribution >= 4 is 5.97 Å². The van der Waals surface area contributed by atoms with Gasteiger partial charge in [0.25, 0.3) is 0 Å². The maximum Gasteiger partial charge on any atom is 0.341 e. The third-order valence-corrected chi connectivity index (χ3v) is 5.57. The summed E-state index contributed by atoms with van der Waals surface area (Å²) in [5.74, 6) is -0.117. The van der Waals surface area contributed by atoms with Gasteiger partial charge in [0.05, 0.1) is 35.1 Å². The molecule has 0 saturated carbocycles. The van der Waals surface area contributed by atoms with Crippen LogP contribution in [-0.4, -0.2) is 42.1 Å². The van der Waals surface area contributed by atoms with Crippen LogP contribution in [0, 0.1) is 33.5 Å². The van der Waals surface area contributed by atoms with E-state index in [2.05, 4.69) is 20.2 Å². The number of carbonyl (C=O) groups is 1. The van der Waals surface area contributed by atoms with Crippen LogP contribution in [0.1, 0.15) is 51.3 Å². The van der Waals surface area contributed by atoms with E-state index in [1.54, 1.807) is 35.3 Å². The fraction of sp³-hybridized carbons (Fsp3) is 0.292. The van der Waals surface area contributed by atoms with E-state index in [0.717, 1.165) is 28.3 Å². The molecule has 4 aromatic rings. The van der Waals surface area contributed by atoms with Crippen LogP contribution in [0.15, 0.2) is 36.7 Å². The van der Waals surface area contributed by atoms with Crippen molar-refractivity contribution in [2.75, 3.05) is 6.61 Å². The van der Waals surface area contributed by atoms with Crippen molar-refractivity contribution in [3.63, 3.8) is 0 Å². The van der Waals surface area contributed by atoms with Gasteiger partial charge in [0.1, 0.15) is 17.7 Å². The van der Waals surface area contributed by atoms with Crippen LogP contribution in [0.5, 0.6) is 0 Å². The first-order valence-corrected chi connectivity index (χ1v) is 10.7. The van der Waals surface area contributed by atoms with Crippen molar-refractivity contribution in [2.45, 2.75) is 41.0 Å². The Hall–Kier alpha value is -3.88. The lowest BCUT2D eigenvalue weighted by atomic mass is 10.1. The number of ether oxygens (including phenoxy) is 1. The summed E-state index contributed by atoms with van der Waals surface area (Å²) < 4.78 is 21.9. The van der Waals surface area contributed by atoms with Crippen LogP contribution in [0.25, 0.3) is 11.5 Å². The molecule has 3 heterocycles. The smallest absolute Gasteiger partial charge is 0.341 e. The molecule has 0 spiro atoms. The van der Waals surface area contributed by atoms with E-state index in [4.69, 9.17) is 4.74 Å². The van der Waals surface area contributed by atoms with Crippen LogP contribution in [0.3, 0.4) is 0 Å². The zero-order valence-corrected chi connectivity index (χ0v) is 19.3. The predicted molar refractivity (Wildman–Crippen MR) is 120 cm³/mol. The lowest BCUT2D eigenvalue weighted by Crippen LogP contribution is -2.09. The molecule has 0 aliphatic rings. The topological polar surface area (TPSA) is 87.7 Å². The van der Waals surface area contributed by atoms with Crippen molar-refractivity contribution in [3.8, 4) is 11.5 Å². The summed E-state index contributed by atoms with van der Waals surface area (Å²) in [6.07, 6.45) is 2.03. The first-order chi connectivity index (χ1) is 15.8. The van der Waals surface area contributed by atoms with E-state index in [9.17, 15) is 9.18 Å². The number of esters is 1. The minimum absolute atomic E-state index is 0.288. The Labute approximate surface area is 191 Å². The summed E-state index contributed by atoms with van der Waals surface area (Å²) >= 11 is 0. The first kappa shape index (κ1) is 22.3. The van der Waals surface area contributed by atoms with Gasteiger partial charge in [-0.3, -0.25) is 0 Å². The normalized spacial score (nSPS) is 11.1. The molecule has 9 heteroatoms. The average molecular weight is 449 g/mol. The van der Waals surface area contributed by atoms with Gasteiger partial charge in [-0.2, -0.15) is 10.2 Å². The highest BCUT2D eigenvalue weighted by molar-refractivity contribution is 5.92. The molecule has 0 aliphatic carbocycles. The summed E-state index contributed by atoms with van der Waals surface area (Å²) in [6.45, 7) is 9.57. The maximum atomic E-state index is 13.3. The summed E-state index contributed by atoms with van der Waals surface area (Å²) in [5, 5.41) is 9.13. The summed E-state index contributed by atoms with van der Waals surface area (Å²) in [6, 6.07) is 8.08. The van der Waals surface area contributed by atoms with Crippen molar-refractivity contribution in [3.05, 3.63) is 82.1 Å². The quantitative estimate of drug-likeness (QED) is 0.415. The van der Waals surface area contributed by atoms with Gasteiger partial charge in [0, 0.05) is 23.7 Å². The largest absolute Gasteiger partial charge is 0.462 e. The second kappa shape index (κ2) is 8.93. The molecule has 0 bridgehead atoms. The number of rotatable bonds is 6. The molecule has 33 heavy (non-hydrogen) atoms. The number of nitrogens with zero attached hydrogens (tertiary/aromatic N) is 6. The molecular weight excluding hydrogens is 423 g/mol.